The smallest absolute Gasteiger partial charge is 0.210 e. The van der Waals surface area contributed by atoms with Crippen LogP contribution in [0.1, 0.15) is 12.0 Å². The van der Waals surface area contributed by atoms with Crippen LogP contribution < -0.4 is 0 Å². The van der Waals surface area contributed by atoms with Gasteiger partial charge in [-0.1, -0.05) is 36.5 Å². The van der Waals surface area contributed by atoms with Gasteiger partial charge in [-0.25, -0.2) is 8.78 Å². The van der Waals surface area contributed by atoms with Crippen LogP contribution >= 0.6 is 0 Å². The molecule has 1 aliphatic heterocycles. The molecule has 0 saturated carbocycles. The van der Waals surface area contributed by atoms with Crippen molar-refractivity contribution in [2.45, 2.75) is 12.5 Å². The quantitative estimate of drug-likeness (QED) is 0.780. The monoisotopic (exact) mass is 299 g/mol. The van der Waals surface area contributed by atoms with E-state index in [2.05, 4.69) is 0 Å². The van der Waals surface area contributed by atoms with Crippen LogP contribution in [0.2, 0.25) is 0 Å². The fraction of sp³-hybridized carbons (Fsp3) is 0.167. The van der Waals surface area contributed by atoms with Crippen molar-refractivity contribution in [1.29, 1.82) is 0 Å². The Bertz CT molecular complexity index is 716. The predicted octanol–water partition coefficient (Wildman–Crippen LogP) is 3.63. The van der Waals surface area contributed by atoms with E-state index in [4.69, 9.17) is 0 Å². The molecule has 1 aliphatic carbocycles. The molecule has 22 heavy (non-hydrogen) atoms. The Morgan fingerprint density at radius 2 is 2.05 bits per heavy atom. The zero-order valence-electron chi connectivity index (χ0n) is 11.9. The topological polar surface area (TPSA) is 20.3 Å². The molecule has 1 aromatic carbocycles. The van der Waals surface area contributed by atoms with Crippen molar-refractivity contribution in [3.8, 4) is 0 Å². The van der Waals surface area contributed by atoms with Crippen molar-refractivity contribution < 1.29 is 13.6 Å². The third-order valence-electron chi connectivity index (χ3n) is 3.88. The van der Waals surface area contributed by atoms with Gasteiger partial charge in [0.1, 0.15) is 11.6 Å². The Hall–Kier alpha value is -2.49. The Kier molecular flexibility index (Phi) is 4.00. The van der Waals surface area contributed by atoms with E-state index in [9.17, 15) is 13.6 Å². The number of carbonyl (C=O) groups is 1. The highest BCUT2D eigenvalue weighted by molar-refractivity contribution is 5.74. The molecule has 1 amide bonds. The van der Waals surface area contributed by atoms with Crippen LogP contribution in [0, 0.1) is 11.6 Å². The van der Waals surface area contributed by atoms with Crippen molar-refractivity contribution in [2.75, 3.05) is 6.54 Å². The standard InChI is InChI=1S/C18H15F2NO/c19-15-7-8-17(20)16(10-15)14-9-18(21(11-14)12-22)13-5-3-1-2-4-6-13/h1-5,7-10,12,18H,6,11H2. The second-order valence-corrected chi connectivity index (χ2v) is 5.30. The lowest BCUT2D eigenvalue weighted by Crippen LogP contribution is -2.30. The summed E-state index contributed by atoms with van der Waals surface area (Å²) in [6.45, 7) is 0.277. The van der Waals surface area contributed by atoms with Gasteiger partial charge < -0.3 is 4.90 Å². The summed E-state index contributed by atoms with van der Waals surface area (Å²) in [5.74, 6) is -0.966. The minimum Gasteiger partial charge on any atom is -0.331 e. The van der Waals surface area contributed by atoms with Gasteiger partial charge in [0, 0.05) is 12.1 Å². The van der Waals surface area contributed by atoms with Gasteiger partial charge in [-0.05, 0) is 35.8 Å². The normalized spacial score (nSPS) is 20.6. The summed E-state index contributed by atoms with van der Waals surface area (Å²) in [5, 5.41) is 0. The van der Waals surface area contributed by atoms with Crippen LogP contribution in [0.3, 0.4) is 0 Å². The third kappa shape index (κ3) is 2.77. The second kappa shape index (κ2) is 6.10. The second-order valence-electron chi connectivity index (χ2n) is 5.30. The maximum Gasteiger partial charge on any atom is 0.210 e. The zero-order chi connectivity index (χ0) is 15.5. The van der Waals surface area contributed by atoms with Crippen LogP contribution in [0.4, 0.5) is 8.78 Å². The summed E-state index contributed by atoms with van der Waals surface area (Å²) in [5.41, 5.74) is 1.89. The first-order valence-corrected chi connectivity index (χ1v) is 7.08. The molecular formula is C18H15F2NO. The first-order chi connectivity index (χ1) is 10.7. The summed E-state index contributed by atoms with van der Waals surface area (Å²) in [7, 11) is 0. The van der Waals surface area contributed by atoms with Gasteiger partial charge in [0.05, 0.1) is 6.04 Å². The van der Waals surface area contributed by atoms with Gasteiger partial charge in [0.15, 0.2) is 0 Å². The number of nitrogens with zero attached hydrogens (tertiary/aromatic N) is 1. The fourth-order valence-corrected chi connectivity index (χ4v) is 2.79. The SMILES string of the molecule is O=CN1CC(c2cc(F)ccc2F)=CC1C1=CC=CC=CC1. The fourth-order valence-electron chi connectivity index (χ4n) is 2.79. The summed E-state index contributed by atoms with van der Waals surface area (Å²) in [4.78, 5) is 12.9. The summed E-state index contributed by atoms with van der Waals surface area (Å²) in [6, 6.07) is 3.16. The Morgan fingerprint density at radius 3 is 2.86 bits per heavy atom. The Labute approximate surface area is 127 Å². The van der Waals surface area contributed by atoms with Crippen molar-refractivity contribution in [3.63, 3.8) is 0 Å². The number of halogens is 2. The van der Waals surface area contributed by atoms with Gasteiger partial charge in [0.2, 0.25) is 6.41 Å². The van der Waals surface area contributed by atoms with Crippen LogP contribution in [0.15, 0.2) is 60.2 Å². The lowest BCUT2D eigenvalue weighted by atomic mass is 10.0. The van der Waals surface area contributed by atoms with Crippen LogP contribution in [-0.4, -0.2) is 23.9 Å². The molecule has 0 radical (unpaired) electrons. The molecule has 2 aliphatic rings. The maximum absolute atomic E-state index is 13.9. The van der Waals surface area contributed by atoms with Gasteiger partial charge in [-0.15, -0.1) is 0 Å². The maximum atomic E-state index is 13.9. The minimum atomic E-state index is -0.488. The lowest BCUT2D eigenvalue weighted by molar-refractivity contribution is -0.117. The van der Waals surface area contributed by atoms with Crippen molar-refractivity contribution >= 4 is 12.0 Å². The lowest BCUT2D eigenvalue weighted by Gasteiger charge is -2.21. The van der Waals surface area contributed by atoms with E-state index in [1.165, 1.54) is 6.07 Å². The molecule has 0 fully saturated rings. The molecule has 112 valence electrons. The van der Waals surface area contributed by atoms with Crippen molar-refractivity contribution in [1.82, 2.24) is 4.90 Å². The van der Waals surface area contributed by atoms with Gasteiger partial charge in [-0.3, -0.25) is 4.79 Å². The van der Waals surface area contributed by atoms with Gasteiger partial charge in [0.25, 0.3) is 0 Å². The molecule has 0 aromatic heterocycles. The molecule has 0 saturated heterocycles. The number of rotatable bonds is 3. The summed E-state index contributed by atoms with van der Waals surface area (Å²) < 4.78 is 27.3. The number of benzene rings is 1. The first kappa shape index (κ1) is 14.4. The van der Waals surface area contributed by atoms with Crippen LogP contribution in [0.25, 0.3) is 5.57 Å². The number of allylic oxidation sites excluding steroid dienone is 5. The van der Waals surface area contributed by atoms with E-state index in [-0.39, 0.29) is 18.2 Å². The van der Waals surface area contributed by atoms with Crippen molar-refractivity contribution in [3.05, 3.63) is 77.4 Å². The molecule has 0 bridgehead atoms. The molecular weight excluding hydrogens is 284 g/mol. The average molecular weight is 299 g/mol. The van der Waals surface area contributed by atoms with E-state index in [1.54, 1.807) is 4.90 Å². The summed E-state index contributed by atoms with van der Waals surface area (Å²) >= 11 is 0. The highest BCUT2D eigenvalue weighted by Gasteiger charge is 2.28. The molecule has 1 atom stereocenters. The molecule has 3 rings (SSSR count). The Morgan fingerprint density at radius 1 is 1.18 bits per heavy atom. The van der Waals surface area contributed by atoms with E-state index < -0.39 is 11.6 Å². The Balaban J connectivity index is 1.97. The first-order valence-electron chi connectivity index (χ1n) is 7.08. The predicted molar refractivity (Wildman–Crippen MR) is 81.9 cm³/mol. The highest BCUT2D eigenvalue weighted by atomic mass is 19.1. The number of hydrogen-bond donors (Lipinski definition) is 0. The summed E-state index contributed by atoms with van der Waals surface area (Å²) in [6.07, 6.45) is 13.1. The van der Waals surface area contributed by atoms with Crippen molar-refractivity contribution in [2.24, 2.45) is 0 Å². The highest BCUT2D eigenvalue weighted by Crippen LogP contribution is 2.31. The van der Waals surface area contributed by atoms with E-state index in [0.29, 0.717) is 5.57 Å². The minimum absolute atomic E-state index is 0.217. The molecule has 2 nitrogen and oxygen atoms in total. The van der Waals surface area contributed by atoms with Crippen LogP contribution in [-0.2, 0) is 4.79 Å². The van der Waals surface area contributed by atoms with E-state index in [1.807, 2.05) is 36.5 Å². The zero-order valence-corrected chi connectivity index (χ0v) is 11.9. The van der Waals surface area contributed by atoms with E-state index in [0.717, 1.165) is 30.5 Å². The number of hydrogen-bond acceptors (Lipinski definition) is 1. The largest absolute Gasteiger partial charge is 0.331 e. The number of carbonyl (C=O) groups excluding carboxylic acids is 1. The molecule has 4 heteroatoms. The molecule has 0 spiro atoms. The van der Waals surface area contributed by atoms with Crippen LogP contribution in [0.5, 0.6) is 0 Å². The molecule has 0 N–H and O–H groups in total. The molecule has 1 heterocycles. The van der Waals surface area contributed by atoms with E-state index >= 15 is 0 Å². The average Bonchev–Trinajstić information content (AvgIpc) is 2.76. The number of amides is 1. The van der Waals surface area contributed by atoms with Gasteiger partial charge >= 0.3 is 0 Å². The van der Waals surface area contributed by atoms with Gasteiger partial charge in [-0.2, -0.15) is 0 Å². The molecule has 1 unspecified atom stereocenters. The third-order valence-corrected chi connectivity index (χ3v) is 3.88. The molecule has 1 aromatic rings.